The number of carboxylic acids is 1. The molecule has 5 heterocycles. The molecule has 0 radical (unpaired) electrons. The molecule has 2 atom stereocenters. The van der Waals surface area contributed by atoms with Crippen LogP contribution in [0.25, 0.3) is 0 Å². The number of quaternary nitrogens is 1. The minimum absolute atomic E-state index is 0.118. The van der Waals surface area contributed by atoms with E-state index in [-0.39, 0.29) is 22.2 Å². The lowest BCUT2D eigenvalue weighted by Crippen LogP contribution is -2.71. The lowest BCUT2D eigenvalue weighted by atomic mass is 10.00. The van der Waals surface area contributed by atoms with Crippen LogP contribution in [-0.4, -0.2) is 99.0 Å². The van der Waals surface area contributed by atoms with Crippen molar-refractivity contribution in [3.63, 3.8) is 0 Å². The molecule has 2 amide bonds. The molecule has 4 aliphatic rings. The highest BCUT2D eigenvalue weighted by molar-refractivity contribution is 8.00. The van der Waals surface area contributed by atoms with E-state index in [2.05, 4.69) is 15.5 Å². The minimum Gasteiger partial charge on any atom is -0.543 e. The molecule has 2 bridgehead atoms. The van der Waals surface area contributed by atoms with Crippen molar-refractivity contribution in [1.29, 1.82) is 0 Å². The maximum absolute atomic E-state index is 13.0. The zero-order valence-electron chi connectivity index (χ0n) is 18.4. The number of aliphatic carboxylic acids is 1. The quantitative estimate of drug-likeness (QED) is 0.161. The molecule has 3 saturated heterocycles. The second-order valence-corrected chi connectivity index (χ2v) is 11.1. The molecule has 0 unspecified atom stereocenters. The molecule has 5 rings (SSSR count). The van der Waals surface area contributed by atoms with Gasteiger partial charge in [-0.25, -0.2) is 4.98 Å². The van der Waals surface area contributed by atoms with E-state index in [0.717, 1.165) is 24.4 Å². The van der Waals surface area contributed by atoms with E-state index in [1.54, 1.807) is 5.38 Å². The molecule has 34 heavy (non-hydrogen) atoms. The Morgan fingerprint density at radius 3 is 2.76 bits per heavy atom. The summed E-state index contributed by atoms with van der Waals surface area (Å²) in [6.45, 7) is 2.62. The zero-order valence-corrected chi connectivity index (χ0v) is 20.0. The smallest absolute Gasteiger partial charge is 0.276 e. The van der Waals surface area contributed by atoms with Crippen LogP contribution in [-0.2, 0) is 19.2 Å². The standard InChI is InChI=1S/C20H24N6O6S2/c1-32-24-12(11-8-34-19(21)22-11)15(27)23-13-16(28)25-14(18(29)30)10(7-33-17(13)25)6-26-4-2-20(31,9-26)3-5-26/h8,13,17,31H,2-7,9H2,1H3,(H3-,21,22,23,27,29,30)/b24-12-/t13-,17+,20?,26?/m1/s1. The highest BCUT2D eigenvalue weighted by Gasteiger charge is 2.57. The van der Waals surface area contributed by atoms with Gasteiger partial charge in [-0.1, -0.05) is 5.16 Å². The number of hydrogen-bond acceptors (Lipinski definition) is 11. The molecule has 14 heteroatoms. The number of aliphatic hydroxyl groups is 1. The molecule has 1 aromatic rings. The van der Waals surface area contributed by atoms with Crippen molar-refractivity contribution in [3.8, 4) is 0 Å². The van der Waals surface area contributed by atoms with E-state index in [0.29, 0.717) is 41.7 Å². The summed E-state index contributed by atoms with van der Waals surface area (Å²) in [4.78, 5) is 47.9. The summed E-state index contributed by atoms with van der Waals surface area (Å²) in [7, 11) is 1.28. The van der Waals surface area contributed by atoms with Crippen molar-refractivity contribution in [2.75, 3.05) is 44.8 Å². The fraction of sp³-hybridized carbons (Fsp3) is 0.550. The van der Waals surface area contributed by atoms with Crippen LogP contribution in [0, 0.1) is 0 Å². The first-order valence-electron chi connectivity index (χ1n) is 10.7. The van der Waals surface area contributed by atoms with E-state index >= 15 is 0 Å². The number of carbonyl (C=O) groups excluding carboxylic acids is 3. The molecule has 0 spiro atoms. The number of nitrogens with one attached hydrogen (secondary N) is 1. The molecule has 0 aromatic carbocycles. The second-order valence-electron chi connectivity index (χ2n) is 9.12. The molecule has 4 aliphatic heterocycles. The number of amides is 2. The maximum Gasteiger partial charge on any atom is 0.276 e. The van der Waals surface area contributed by atoms with Crippen molar-refractivity contribution >= 4 is 51.7 Å². The number of hydrogen-bond donors (Lipinski definition) is 3. The van der Waals surface area contributed by atoms with Gasteiger partial charge in [-0.05, 0) is 0 Å². The Balaban J connectivity index is 1.34. The first kappa shape index (κ1) is 23.1. The van der Waals surface area contributed by atoms with Crippen molar-refractivity contribution in [3.05, 3.63) is 22.3 Å². The van der Waals surface area contributed by atoms with Crippen molar-refractivity contribution < 1.29 is 33.9 Å². The van der Waals surface area contributed by atoms with E-state index in [9.17, 15) is 24.6 Å². The number of piperidine rings is 1. The number of nitrogens with two attached hydrogens (primary N) is 1. The van der Waals surface area contributed by atoms with Crippen LogP contribution in [0.15, 0.2) is 21.8 Å². The van der Waals surface area contributed by atoms with Crippen LogP contribution in [0.2, 0.25) is 0 Å². The van der Waals surface area contributed by atoms with Crippen molar-refractivity contribution in [2.24, 2.45) is 5.16 Å². The number of fused-ring (bicyclic) bond motifs is 3. The molecule has 3 fully saturated rings. The highest BCUT2D eigenvalue weighted by atomic mass is 32.2. The van der Waals surface area contributed by atoms with Crippen LogP contribution in [0.1, 0.15) is 18.5 Å². The predicted molar refractivity (Wildman–Crippen MR) is 121 cm³/mol. The lowest BCUT2D eigenvalue weighted by Gasteiger charge is -2.51. The zero-order chi connectivity index (χ0) is 24.3. The van der Waals surface area contributed by atoms with E-state index in [1.165, 1.54) is 23.8 Å². The van der Waals surface area contributed by atoms with Crippen molar-refractivity contribution in [2.45, 2.75) is 29.9 Å². The van der Waals surface area contributed by atoms with Gasteiger partial charge in [0.25, 0.3) is 11.8 Å². The third-order valence-corrected chi connectivity index (χ3v) is 8.96. The Labute approximate surface area is 203 Å². The van der Waals surface area contributed by atoms with Crippen molar-refractivity contribution in [1.82, 2.24) is 15.2 Å². The van der Waals surface area contributed by atoms with Crippen LogP contribution >= 0.6 is 23.1 Å². The number of β-lactam (4-membered cyclic amide) rings is 1. The van der Waals surface area contributed by atoms with Gasteiger partial charge >= 0.3 is 0 Å². The average Bonchev–Trinajstić information content (AvgIpc) is 3.47. The van der Waals surface area contributed by atoms with Crippen LogP contribution < -0.4 is 16.2 Å². The second kappa shape index (κ2) is 8.22. The molecule has 1 aromatic heterocycles. The minimum atomic E-state index is -1.41. The predicted octanol–water partition coefficient (Wildman–Crippen LogP) is -2.16. The first-order valence-corrected chi connectivity index (χ1v) is 12.7. The summed E-state index contributed by atoms with van der Waals surface area (Å²) in [5.41, 5.74) is 5.56. The number of carboxylic acid groups (broad SMARTS) is 1. The van der Waals surface area contributed by atoms with E-state index in [4.69, 9.17) is 10.6 Å². The Morgan fingerprint density at radius 2 is 2.21 bits per heavy atom. The number of thioether (sulfide) groups is 1. The fourth-order valence-electron chi connectivity index (χ4n) is 5.38. The van der Waals surface area contributed by atoms with E-state index in [1.807, 2.05) is 0 Å². The molecule has 0 saturated carbocycles. The third-order valence-electron chi connectivity index (χ3n) is 6.95. The van der Waals surface area contributed by atoms with Crippen LogP contribution in [0.3, 0.4) is 0 Å². The summed E-state index contributed by atoms with van der Waals surface area (Å²) >= 11 is 2.52. The number of aromatic nitrogens is 1. The van der Waals surface area contributed by atoms with Gasteiger partial charge in [0.2, 0.25) is 0 Å². The first-order chi connectivity index (χ1) is 16.2. The number of rotatable bonds is 7. The van der Waals surface area contributed by atoms with Crippen LogP contribution in [0.5, 0.6) is 0 Å². The number of nitrogen functional groups attached to an aromatic ring is 1. The molecular formula is C20H24N6O6S2. The van der Waals surface area contributed by atoms with Gasteiger partial charge in [-0.2, -0.15) is 0 Å². The third kappa shape index (κ3) is 3.74. The summed E-state index contributed by atoms with van der Waals surface area (Å²) in [5.74, 6) is -2.23. The summed E-state index contributed by atoms with van der Waals surface area (Å²) in [6.07, 6.45) is 1.40. The number of oxime groups is 1. The Hall–Kier alpha value is -2.68. The summed E-state index contributed by atoms with van der Waals surface area (Å²) < 4.78 is 0.629. The number of carbonyl (C=O) groups is 3. The largest absolute Gasteiger partial charge is 0.543 e. The van der Waals surface area contributed by atoms with E-state index < -0.39 is 34.8 Å². The Kier molecular flexibility index (Phi) is 5.58. The normalized spacial score (nSPS) is 32.5. The topological polar surface area (TPSA) is 170 Å². The van der Waals surface area contributed by atoms with Gasteiger partial charge in [0.1, 0.15) is 42.9 Å². The maximum atomic E-state index is 13.0. The Bertz CT molecular complexity index is 1120. The highest BCUT2D eigenvalue weighted by Crippen LogP contribution is 2.44. The molecule has 12 nitrogen and oxygen atoms in total. The lowest BCUT2D eigenvalue weighted by molar-refractivity contribution is -0.904. The van der Waals surface area contributed by atoms with Gasteiger partial charge in [0, 0.05) is 29.5 Å². The Morgan fingerprint density at radius 1 is 1.47 bits per heavy atom. The van der Waals surface area contributed by atoms with Gasteiger partial charge in [-0.3, -0.25) is 14.5 Å². The fourth-order valence-corrected chi connectivity index (χ4v) is 7.26. The monoisotopic (exact) mass is 508 g/mol. The van der Waals surface area contributed by atoms with Gasteiger partial charge in [0.05, 0.1) is 24.8 Å². The molecule has 0 aliphatic carbocycles. The van der Waals surface area contributed by atoms with Crippen LogP contribution in [0.4, 0.5) is 5.13 Å². The molecular weight excluding hydrogens is 484 g/mol. The van der Waals surface area contributed by atoms with Gasteiger partial charge < -0.3 is 35.4 Å². The SMILES string of the molecule is CO/N=C(\C(=O)N[C@@H]1C(=O)N2C(C(=O)[O-])=C(C[N+]34CCC(O)(CC3)C4)CS[C@@H]12)c1csc(N)n1. The number of thiazole rings is 1. The summed E-state index contributed by atoms with van der Waals surface area (Å²) in [5, 5.41) is 30.2. The van der Waals surface area contributed by atoms with Gasteiger partial charge in [-0.15, -0.1) is 23.1 Å². The molecule has 4 N–H and O–H groups in total. The average molecular weight is 509 g/mol. The summed E-state index contributed by atoms with van der Waals surface area (Å²) in [6, 6.07) is -0.929. The molecule has 182 valence electrons. The number of anilines is 1. The van der Waals surface area contributed by atoms with Gasteiger partial charge in [0.15, 0.2) is 10.8 Å². The number of nitrogens with zero attached hydrogens (tertiary/aromatic N) is 4.